The van der Waals surface area contributed by atoms with Crippen LogP contribution in [0.2, 0.25) is 0 Å². The SMILES string of the molecule is C[C@@H](NC(=O)c1cc2ccccc2[nH]1)c1ccc(-n2ccnc2)cc1. The second-order valence-corrected chi connectivity index (χ2v) is 6.03. The van der Waals surface area contributed by atoms with Crippen LogP contribution in [0.4, 0.5) is 0 Å². The maximum Gasteiger partial charge on any atom is 0.268 e. The maximum atomic E-state index is 12.5. The molecule has 25 heavy (non-hydrogen) atoms. The van der Waals surface area contributed by atoms with Gasteiger partial charge >= 0.3 is 0 Å². The molecule has 0 bridgehead atoms. The van der Waals surface area contributed by atoms with Gasteiger partial charge in [0.2, 0.25) is 0 Å². The van der Waals surface area contributed by atoms with Crippen LogP contribution in [0.3, 0.4) is 0 Å². The molecule has 124 valence electrons. The van der Waals surface area contributed by atoms with E-state index in [-0.39, 0.29) is 11.9 Å². The number of imidazole rings is 1. The van der Waals surface area contributed by atoms with Crippen LogP contribution in [-0.2, 0) is 0 Å². The van der Waals surface area contributed by atoms with Crippen LogP contribution in [0.5, 0.6) is 0 Å². The minimum atomic E-state index is -0.109. The lowest BCUT2D eigenvalue weighted by Gasteiger charge is -2.14. The zero-order valence-corrected chi connectivity index (χ0v) is 13.8. The lowest BCUT2D eigenvalue weighted by atomic mass is 10.1. The Hall–Kier alpha value is -3.34. The number of H-pyrrole nitrogens is 1. The molecule has 5 heteroatoms. The molecule has 0 saturated heterocycles. The van der Waals surface area contributed by atoms with E-state index >= 15 is 0 Å². The summed E-state index contributed by atoms with van der Waals surface area (Å²) in [4.78, 5) is 19.7. The molecule has 0 aliphatic heterocycles. The van der Waals surface area contributed by atoms with Crippen molar-refractivity contribution in [3.63, 3.8) is 0 Å². The second-order valence-electron chi connectivity index (χ2n) is 6.03. The summed E-state index contributed by atoms with van der Waals surface area (Å²) < 4.78 is 1.94. The number of aromatic nitrogens is 3. The normalized spacial score (nSPS) is 12.2. The summed E-state index contributed by atoms with van der Waals surface area (Å²) in [7, 11) is 0. The van der Waals surface area contributed by atoms with E-state index in [4.69, 9.17) is 0 Å². The summed E-state index contributed by atoms with van der Waals surface area (Å²) in [6.07, 6.45) is 5.41. The van der Waals surface area contributed by atoms with Gasteiger partial charge in [-0.05, 0) is 36.8 Å². The van der Waals surface area contributed by atoms with Crippen LogP contribution in [0.1, 0.15) is 29.0 Å². The van der Waals surface area contributed by atoms with Crippen molar-refractivity contribution in [1.29, 1.82) is 0 Å². The molecule has 2 aromatic heterocycles. The molecule has 4 aromatic rings. The minimum Gasteiger partial charge on any atom is -0.351 e. The van der Waals surface area contributed by atoms with Gasteiger partial charge in [0, 0.05) is 29.0 Å². The fraction of sp³-hybridized carbons (Fsp3) is 0.100. The van der Waals surface area contributed by atoms with E-state index in [1.807, 2.05) is 72.3 Å². The molecule has 2 aromatic carbocycles. The third-order valence-electron chi connectivity index (χ3n) is 4.32. The number of rotatable bonds is 4. The molecule has 2 heterocycles. The number of hydrogen-bond donors (Lipinski definition) is 2. The highest BCUT2D eigenvalue weighted by Gasteiger charge is 2.13. The van der Waals surface area contributed by atoms with Crippen molar-refractivity contribution in [3.8, 4) is 5.69 Å². The summed E-state index contributed by atoms with van der Waals surface area (Å²) in [5.41, 5.74) is 3.62. The van der Waals surface area contributed by atoms with E-state index in [1.54, 1.807) is 12.5 Å². The Kier molecular flexibility index (Phi) is 3.82. The molecule has 1 amide bonds. The van der Waals surface area contributed by atoms with Crippen LogP contribution in [0, 0.1) is 0 Å². The first-order chi connectivity index (χ1) is 12.2. The van der Waals surface area contributed by atoms with Gasteiger partial charge in [0.25, 0.3) is 5.91 Å². The van der Waals surface area contributed by atoms with Crippen LogP contribution in [-0.4, -0.2) is 20.4 Å². The Labute approximate surface area is 145 Å². The average molecular weight is 330 g/mol. The van der Waals surface area contributed by atoms with Gasteiger partial charge in [0.05, 0.1) is 12.4 Å². The Morgan fingerprint density at radius 1 is 1.16 bits per heavy atom. The summed E-state index contributed by atoms with van der Waals surface area (Å²) >= 11 is 0. The van der Waals surface area contributed by atoms with Gasteiger partial charge in [-0.1, -0.05) is 30.3 Å². The van der Waals surface area contributed by atoms with Crippen molar-refractivity contribution >= 4 is 16.8 Å². The quantitative estimate of drug-likeness (QED) is 0.597. The molecule has 0 aliphatic carbocycles. The predicted molar refractivity (Wildman–Crippen MR) is 97.7 cm³/mol. The molecule has 0 spiro atoms. The highest BCUT2D eigenvalue weighted by Crippen LogP contribution is 2.18. The largest absolute Gasteiger partial charge is 0.351 e. The lowest BCUT2D eigenvalue weighted by Crippen LogP contribution is -2.26. The number of nitrogens with zero attached hydrogens (tertiary/aromatic N) is 2. The summed E-state index contributed by atoms with van der Waals surface area (Å²) in [6, 6.07) is 17.7. The van der Waals surface area contributed by atoms with E-state index in [2.05, 4.69) is 15.3 Å². The van der Waals surface area contributed by atoms with E-state index in [1.165, 1.54) is 0 Å². The second kappa shape index (κ2) is 6.28. The number of fused-ring (bicyclic) bond motifs is 1. The molecule has 1 atom stereocenters. The molecule has 5 nitrogen and oxygen atoms in total. The standard InChI is InChI=1S/C20H18N4O/c1-14(15-6-8-17(9-7-15)24-11-10-21-13-24)22-20(25)19-12-16-4-2-3-5-18(16)23-19/h2-14,23H,1H3,(H,22,25)/t14-/m1/s1. The number of para-hydroxylation sites is 1. The van der Waals surface area contributed by atoms with E-state index in [0.717, 1.165) is 22.2 Å². The molecule has 2 N–H and O–H groups in total. The number of carbonyl (C=O) groups is 1. The van der Waals surface area contributed by atoms with Crippen molar-refractivity contribution in [3.05, 3.63) is 84.6 Å². The fourth-order valence-corrected chi connectivity index (χ4v) is 2.90. The third kappa shape index (κ3) is 3.04. The van der Waals surface area contributed by atoms with Crippen molar-refractivity contribution in [2.24, 2.45) is 0 Å². The molecular formula is C20H18N4O. The van der Waals surface area contributed by atoms with E-state index < -0.39 is 0 Å². The summed E-state index contributed by atoms with van der Waals surface area (Å²) in [5.74, 6) is -0.109. The molecule has 0 radical (unpaired) electrons. The van der Waals surface area contributed by atoms with Crippen LogP contribution in [0.15, 0.2) is 73.3 Å². The Bertz CT molecular complexity index is 967. The Morgan fingerprint density at radius 3 is 2.68 bits per heavy atom. The van der Waals surface area contributed by atoms with Crippen molar-refractivity contribution < 1.29 is 4.79 Å². The minimum absolute atomic E-state index is 0.0873. The van der Waals surface area contributed by atoms with Crippen molar-refractivity contribution in [2.45, 2.75) is 13.0 Å². The highest BCUT2D eigenvalue weighted by molar-refractivity contribution is 5.98. The highest BCUT2D eigenvalue weighted by atomic mass is 16.1. The number of nitrogens with one attached hydrogen (secondary N) is 2. The molecule has 4 rings (SSSR count). The fourth-order valence-electron chi connectivity index (χ4n) is 2.90. The lowest BCUT2D eigenvalue weighted by molar-refractivity contribution is 0.0935. The predicted octanol–water partition coefficient (Wildman–Crippen LogP) is 3.84. The topological polar surface area (TPSA) is 62.7 Å². The van der Waals surface area contributed by atoms with Gasteiger partial charge in [-0.2, -0.15) is 0 Å². The number of amides is 1. The van der Waals surface area contributed by atoms with Crippen LogP contribution in [0.25, 0.3) is 16.6 Å². The van der Waals surface area contributed by atoms with Gasteiger partial charge < -0.3 is 14.9 Å². The smallest absolute Gasteiger partial charge is 0.268 e. The first-order valence-corrected chi connectivity index (χ1v) is 8.17. The number of benzene rings is 2. The van der Waals surface area contributed by atoms with Gasteiger partial charge in [0.1, 0.15) is 5.69 Å². The van der Waals surface area contributed by atoms with Gasteiger partial charge in [-0.15, -0.1) is 0 Å². The number of carbonyl (C=O) groups excluding carboxylic acids is 1. The summed E-state index contributed by atoms with van der Waals surface area (Å²) in [5, 5.41) is 4.07. The molecule has 0 saturated carbocycles. The molecule has 0 fully saturated rings. The van der Waals surface area contributed by atoms with Crippen molar-refractivity contribution in [2.75, 3.05) is 0 Å². The number of hydrogen-bond acceptors (Lipinski definition) is 2. The molecule has 0 aliphatic rings. The Morgan fingerprint density at radius 2 is 1.96 bits per heavy atom. The van der Waals surface area contributed by atoms with Gasteiger partial charge in [0.15, 0.2) is 0 Å². The van der Waals surface area contributed by atoms with Gasteiger partial charge in [-0.25, -0.2) is 4.98 Å². The monoisotopic (exact) mass is 330 g/mol. The van der Waals surface area contributed by atoms with Crippen LogP contribution >= 0.6 is 0 Å². The zero-order valence-electron chi connectivity index (χ0n) is 13.8. The van der Waals surface area contributed by atoms with Crippen LogP contribution < -0.4 is 5.32 Å². The number of aromatic amines is 1. The maximum absolute atomic E-state index is 12.5. The average Bonchev–Trinajstić information content (AvgIpc) is 3.31. The van der Waals surface area contributed by atoms with E-state index in [9.17, 15) is 4.79 Å². The first-order valence-electron chi connectivity index (χ1n) is 8.17. The first kappa shape index (κ1) is 15.2. The summed E-state index contributed by atoms with van der Waals surface area (Å²) in [6.45, 7) is 1.98. The molecule has 0 unspecified atom stereocenters. The van der Waals surface area contributed by atoms with E-state index in [0.29, 0.717) is 5.69 Å². The van der Waals surface area contributed by atoms with Crippen molar-refractivity contribution in [1.82, 2.24) is 19.9 Å². The zero-order chi connectivity index (χ0) is 17.2. The molecular weight excluding hydrogens is 312 g/mol. The Balaban J connectivity index is 1.49. The van der Waals surface area contributed by atoms with Gasteiger partial charge in [-0.3, -0.25) is 4.79 Å². The third-order valence-corrected chi connectivity index (χ3v) is 4.32.